The molecule has 0 aliphatic carbocycles. The average Bonchev–Trinajstić information content (AvgIpc) is 3.16. The van der Waals surface area contributed by atoms with E-state index in [1.54, 1.807) is 30.0 Å². The van der Waals surface area contributed by atoms with Crippen LogP contribution in [0.2, 0.25) is 0 Å². The largest absolute Gasteiger partial charge is 0.462 e. The van der Waals surface area contributed by atoms with Crippen molar-refractivity contribution in [2.75, 3.05) is 19.8 Å². The molecule has 5 heteroatoms. The molecule has 0 saturated carbocycles. The minimum atomic E-state index is -0.341. The predicted octanol–water partition coefficient (Wildman–Crippen LogP) is 3.13. The molecule has 2 aromatic rings. The number of likely N-dealkylation sites (tertiary alicyclic amines) is 1. The summed E-state index contributed by atoms with van der Waals surface area (Å²) in [6.45, 7) is 2.80. The number of benzene rings is 2. The maximum absolute atomic E-state index is 12.8. The van der Waals surface area contributed by atoms with Crippen molar-refractivity contribution in [1.82, 2.24) is 4.90 Å². The standard InChI is InChI=1S/C21H23NO4/c1-2-26-21(25)16-10-8-15(9-11-16)17-5-3-6-18(13-17)20(24)22-12-4-7-19(22)14-23/h3,5-6,8-11,13,19,23H,2,4,7,12,14H2,1H3/t19-/m0/s1. The molecule has 0 spiro atoms. The minimum Gasteiger partial charge on any atom is -0.462 e. The Hall–Kier alpha value is -2.66. The molecule has 136 valence electrons. The Morgan fingerprint density at radius 1 is 1.12 bits per heavy atom. The molecule has 0 radical (unpaired) electrons. The van der Waals surface area contributed by atoms with Gasteiger partial charge in [-0.25, -0.2) is 4.79 Å². The van der Waals surface area contributed by atoms with Crippen molar-refractivity contribution in [3.05, 3.63) is 59.7 Å². The van der Waals surface area contributed by atoms with E-state index in [0.29, 0.717) is 24.3 Å². The van der Waals surface area contributed by atoms with E-state index in [4.69, 9.17) is 4.74 Å². The number of carbonyl (C=O) groups is 2. The second-order valence-electron chi connectivity index (χ2n) is 6.36. The quantitative estimate of drug-likeness (QED) is 0.839. The van der Waals surface area contributed by atoms with Crippen LogP contribution in [0, 0.1) is 0 Å². The minimum absolute atomic E-state index is 0.000746. The topological polar surface area (TPSA) is 66.8 Å². The van der Waals surface area contributed by atoms with Crippen LogP contribution in [-0.4, -0.2) is 47.7 Å². The molecule has 26 heavy (non-hydrogen) atoms. The average molecular weight is 353 g/mol. The fourth-order valence-electron chi connectivity index (χ4n) is 3.30. The maximum Gasteiger partial charge on any atom is 0.338 e. The Morgan fingerprint density at radius 3 is 2.58 bits per heavy atom. The number of carbonyl (C=O) groups excluding carboxylic acids is 2. The molecule has 1 amide bonds. The Kier molecular flexibility index (Phi) is 5.68. The van der Waals surface area contributed by atoms with E-state index >= 15 is 0 Å². The van der Waals surface area contributed by atoms with Crippen molar-refractivity contribution in [3.8, 4) is 11.1 Å². The van der Waals surface area contributed by atoms with Gasteiger partial charge in [0.25, 0.3) is 5.91 Å². The van der Waals surface area contributed by atoms with E-state index in [1.165, 1.54) is 0 Å². The summed E-state index contributed by atoms with van der Waals surface area (Å²) in [6.07, 6.45) is 1.77. The van der Waals surface area contributed by atoms with Crippen molar-refractivity contribution in [2.24, 2.45) is 0 Å². The van der Waals surface area contributed by atoms with Gasteiger partial charge in [0.2, 0.25) is 0 Å². The van der Waals surface area contributed by atoms with Gasteiger partial charge in [0.05, 0.1) is 24.8 Å². The van der Waals surface area contributed by atoms with E-state index < -0.39 is 0 Å². The molecule has 3 rings (SSSR count). The van der Waals surface area contributed by atoms with Crippen LogP contribution in [0.25, 0.3) is 11.1 Å². The number of hydrogen-bond donors (Lipinski definition) is 1. The fraction of sp³-hybridized carbons (Fsp3) is 0.333. The zero-order chi connectivity index (χ0) is 18.5. The molecule has 1 aliphatic rings. The highest BCUT2D eigenvalue weighted by Crippen LogP contribution is 2.24. The first kappa shape index (κ1) is 18.1. The number of aliphatic hydroxyl groups is 1. The van der Waals surface area contributed by atoms with Gasteiger partial charge in [0.1, 0.15) is 0 Å². The highest BCUT2D eigenvalue weighted by atomic mass is 16.5. The first-order valence-corrected chi connectivity index (χ1v) is 8.93. The molecule has 1 heterocycles. The summed E-state index contributed by atoms with van der Waals surface area (Å²) in [5, 5.41) is 9.44. The number of esters is 1. The molecule has 0 aromatic heterocycles. The van der Waals surface area contributed by atoms with Crippen molar-refractivity contribution < 1.29 is 19.4 Å². The lowest BCUT2D eigenvalue weighted by atomic mass is 10.0. The molecule has 2 aromatic carbocycles. The molecule has 1 fully saturated rings. The first-order valence-electron chi connectivity index (χ1n) is 8.93. The molecule has 0 unspecified atom stereocenters. The van der Waals surface area contributed by atoms with Gasteiger partial charge < -0.3 is 14.7 Å². The highest BCUT2D eigenvalue weighted by molar-refractivity contribution is 5.96. The lowest BCUT2D eigenvalue weighted by Gasteiger charge is -2.23. The summed E-state index contributed by atoms with van der Waals surface area (Å²) >= 11 is 0. The molecule has 1 N–H and O–H groups in total. The van der Waals surface area contributed by atoms with Crippen molar-refractivity contribution >= 4 is 11.9 Å². The molecular weight excluding hydrogens is 330 g/mol. The Bertz CT molecular complexity index is 785. The van der Waals surface area contributed by atoms with Crippen LogP contribution in [0.15, 0.2) is 48.5 Å². The van der Waals surface area contributed by atoms with E-state index in [0.717, 1.165) is 24.0 Å². The van der Waals surface area contributed by atoms with Crippen LogP contribution in [-0.2, 0) is 4.74 Å². The zero-order valence-corrected chi connectivity index (χ0v) is 14.9. The summed E-state index contributed by atoms with van der Waals surface area (Å²) in [4.78, 5) is 26.3. The lowest BCUT2D eigenvalue weighted by molar-refractivity contribution is 0.0526. The van der Waals surface area contributed by atoms with Gasteiger partial charge in [-0.1, -0.05) is 24.3 Å². The van der Waals surface area contributed by atoms with Crippen LogP contribution >= 0.6 is 0 Å². The Labute approximate surface area is 153 Å². The van der Waals surface area contributed by atoms with Crippen LogP contribution < -0.4 is 0 Å². The predicted molar refractivity (Wildman–Crippen MR) is 99.0 cm³/mol. The van der Waals surface area contributed by atoms with E-state index in [-0.39, 0.29) is 24.5 Å². The SMILES string of the molecule is CCOC(=O)c1ccc(-c2cccc(C(=O)N3CCC[C@H]3CO)c2)cc1. The third kappa shape index (κ3) is 3.78. The van der Waals surface area contributed by atoms with Crippen LogP contribution in [0.3, 0.4) is 0 Å². The van der Waals surface area contributed by atoms with Crippen molar-refractivity contribution in [2.45, 2.75) is 25.8 Å². The van der Waals surface area contributed by atoms with E-state index in [2.05, 4.69) is 0 Å². The van der Waals surface area contributed by atoms with Gasteiger partial charge in [-0.2, -0.15) is 0 Å². The molecule has 1 atom stereocenters. The van der Waals surface area contributed by atoms with Gasteiger partial charge in [-0.15, -0.1) is 0 Å². The number of nitrogens with zero attached hydrogens (tertiary/aromatic N) is 1. The smallest absolute Gasteiger partial charge is 0.338 e. The normalized spacial score (nSPS) is 16.5. The van der Waals surface area contributed by atoms with Crippen molar-refractivity contribution in [3.63, 3.8) is 0 Å². The second-order valence-corrected chi connectivity index (χ2v) is 6.36. The summed E-state index contributed by atoms with van der Waals surface area (Å²) in [6, 6.07) is 14.5. The number of aliphatic hydroxyl groups excluding tert-OH is 1. The first-order chi connectivity index (χ1) is 12.6. The third-order valence-corrected chi connectivity index (χ3v) is 4.69. The second kappa shape index (κ2) is 8.15. The van der Waals surface area contributed by atoms with E-state index in [1.807, 2.05) is 30.3 Å². The van der Waals surface area contributed by atoms with Crippen LogP contribution in [0.1, 0.15) is 40.5 Å². The highest BCUT2D eigenvalue weighted by Gasteiger charge is 2.28. The van der Waals surface area contributed by atoms with Crippen LogP contribution in [0.5, 0.6) is 0 Å². The molecule has 1 saturated heterocycles. The monoisotopic (exact) mass is 353 g/mol. The summed E-state index contributed by atoms with van der Waals surface area (Å²) in [5.74, 6) is -0.390. The lowest BCUT2D eigenvalue weighted by Crippen LogP contribution is -2.37. The van der Waals surface area contributed by atoms with Crippen LogP contribution in [0.4, 0.5) is 0 Å². The number of amides is 1. The molecule has 5 nitrogen and oxygen atoms in total. The third-order valence-electron chi connectivity index (χ3n) is 4.69. The van der Waals surface area contributed by atoms with E-state index in [9.17, 15) is 14.7 Å². The maximum atomic E-state index is 12.8. The Balaban J connectivity index is 1.81. The van der Waals surface area contributed by atoms with Gasteiger partial charge in [-0.05, 0) is 55.2 Å². The number of hydrogen-bond acceptors (Lipinski definition) is 4. The zero-order valence-electron chi connectivity index (χ0n) is 14.9. The summed E-state index contributed by atoms with van der Waals surface area (Å²) in [5.41, 5.74) is 2.95. The molecule has 0 bridgehead atoms. The van der Waals surface area contributed by atoms with Gasteiger partial charge in [0, 0.05) is 12.1 Å². The van der Waals surface area contributed by atoms with Crippen molar-refractivity contribution in [1.29, 1.82) is 0 Å². The number of ether oxygens (including phenoxy) is 1. The summed E-state index contributed by atoms with van der Waals surface area (Å²) in [7, 11) is 0. The number of rotatable bonds is 5. The van der Waals surface area contributed by atoms with Gasteiger partial charge in [-0.3, -0.25) is 4.79 Å². The van der Waals surface area contributed by atoms with Gasteiger partial charge >= 0.3 is 5.97 Å². The molecule has 1 aliphatic heterocycles. The molecular formula is C21H23NO4. The fourth-order valence-corrected chi connectivity index (χ4v) is 3.30. The summed E-state index contributed by atoms with van der Waals surface area (Å²) < 4.78 is 4.99. The Morgan fingerprint density at radius 2 is 1.88 bits per heavy atom. The van der Waals surface area contributed by atoms with Gasteiger partial charge in [0.15, 0.2) is 0 Å².